The zero-order chi connectivity index (χ0) is 22.5. The number of carbonyl (C=O) groups excluding carboxylic acids is 3. The number of hydrogen-bond donors (Lipinski definition) is 1. The fourth-order valence-corrected chi connectivity index (χ4v) is 3.09. The highest BCUT2D eigenvalue weighted by Crippen LogP contribution is 2.37. The summed E-state index contributed by atoms with van der Waals surface area (Å²) in [6.07, 6.45) is 1.49. The molecule has 0 aromatic carbocycles. The Morgan fingerprint density at radius 1 is 0.828 bits per heavy atom. The maximum atomic E-state index is 12.9. The summed E-state index contributed by atoms with van der Waals surface area (Å²) in [4.78, 5) is 50.4. The highest BCUT2D eigenvalue weighted by atomic mass is 16.6. The van der Waals surface area contributed by atoms with E-state index in [1.165, 1.54) is 0 Å². The maximum Gasteiger partial charge on any atom is 0.324 e. The van der Waals surface area contributed by atoms with Gasteiger partial charge in [-0.05, 0) is 67.2 Å². The van der Waals surface area contributed by atoms with E-state index in [4.69, 9.17) is 14.6 Å². The number of esters is 2. The number of rotatable bonds is 7. The first-order valence-electron chi connectivity index (χ1n) is 10.1. The molecule has 0 radical (unpaired) electrons. The van der Waals surface area contributed by atoms with Crippen LogP contribution in [0.5, 0.6) is 0 Å². The van der Waals surface area contributed by atoms with E-state index in [0.717, 1.165) is 0 Å². The van der Waals surface area contributed by atoms with Gasteiger partial charge in [0.05, 0.1) is 0 Å². The van der Waals surface area contributed by atoms with Crippen molar-refractivity contribution in [3.05, 3.63) is 0 Å². The lowest BCUT2D eigenvalue weighted by Gasteiger charge is -2.40. The van der Waals surface area contributed by atoms with Gasteiger partial charge in [-0.15, -0.1) is 0 Å². The molecule has 1 rings (SSSR count). The molecule has 0 atom stereocenters. The lowest BCUT2D eigenvalue weighted by molar-refractivity contribution is -0.190. The van der Waals surface area contributed by atoms with Gasteiger partial charge in [-0.3, -0.25) is 19.2 Å². The molecule has 166 valence electrons. The molecule has 1 aliphatic heterocycles. The van der Waals surface area contributed by atoms with Gasteiger partial charge in [-0.25, -0.2) is 0 Å². The Bertz CT molecular complexity index is 590. The van der Waals surface area contributed by atoms with Crippen molar-refractivity contribution in [2.75, 3.05) is 13.1 Å². The largest absolute Gasteiger partial charge is 0.481 e. The number of hydrogen-bond acceptors (Lipinski definition) is 6. The first kappa shape index (κ1) is 24.9. The average Bonchev–Trinajstić information content (AvgIpc) is 2.55. The smallest absolute Gasteiger partial charge is 0.324 e. The molecule has 8 heteroatoms. The first-order valence-corrected chi connectivity index (χ1v) is 10.1. The summed E-state index contributed by atoms with van der Waals surface area (Å²) in [6, 6.07) is 0. The summed E-state index contributed by atoms with van der Waals surface area (Å²) in [5, 5.41) is 8.67. The second kappa shape index (κ2) is 9.59. The highest BCUT2D eigenvalue weighted by Gasteiger charge is 2.53. The van der Waals surface area contributed by atoms with Crippen LogP contribution in [0.15, 0.2) is 0 Å². The van der Waals surface area contributed by atoms with Gasteiger partial charge in [0, 0.05) is 25.9 Å². The molecule has 1 saturated heterocycles. The lowest BCUT2D eigenvalue weighted by Crippen LogP contribution is -2.53. The molecular formula is C21H35NO7. The van der Waals surface area contributed by atoms with Gasteiger partial charge in [-0.2, -0.15) is 0 Å². The number of ether oxygens (including phenoxy) is 2. The Balaban J connectivity index is 2.83. The topological polar surface area (TPSA) is 110 Å². The third-order valence-electron chi connectivity index (χ3n) is 4.58. The van der Waals surface area contributed by atoms with Crippen LogP contribution in [0.3, 0.4) is 0 Å². The predicted molar refractivity (Wildman–Crippen MR) is 106 cm³/mol. The maximum absolute atomic E-state index is 12.9. The van der Waals surface area contributed by atoms with Crippen molar-refractivity contribution in [3.63, 3.8) is 0 Å². The number of likely N-dealkylation sites (tertiary alicyclic amines) is 1. The van der Waals surface area contributed by atoms with E-state index < -0.39 is 34.5 Å². The number of nitrogens with zero attached hydrogens (tertiary/aromatic N) is 1. The fraction of sp³-hybridized carbons (Fsp3) is 0.810. The summed E-state index contributed by atoms with van der Waals surface area (Å²) in [5.74, 6) is -2.21. The lowest BCUT2D eigenvalue weighted by atomic mass is 9.77. The zero-order valence-electron chi connectivity index (χ0n) is 18.5. The van der Waals surface area contributed by atoms with Crippen LogP contribution in [0.25, 0.3) is 0 Å². The Kier molecular flexibility index (Phi) is 8.24. The molecule has 1 aliphatic rings. The average molecular weight is 414 g/mol. The van der Waals surface area contributed by atoms with Gasteiger partial charge in [0.2, 0.25) is 5.91 Å². The molecule has 0 bridgehead atoms. The predicted octanol–water partition coefficient (Wildman–Crippen LogP) is 2.92. The minimum atomic E-state index is -1.43. The van der Waals surface area contributed by atoms with Gasteiger partial charge in [0.25, 0.3) is 0 Å². The van der Waals surface area contributed by atoms with Gasteiger partial charge in [0.1, 0.15) is 11.2 Å². The summed E-state index contributed by atoms with van der Waals surface area (Å²) in [7, 11) is 0. The van der Waals surface area contributed by atoms with E-state index in [0.29, 0.717) is 12.8 Å². The molecule has 1 fully saturated rings. The Morgan fingerprint density at radius 3 is 1.62 bits per heavy atom. The Hall–Kier alpha value is -2.12. The number of carbonyl (C=O) groups is 4. The second-order valence-electron chi connectivity index (χ2n) is 9.57. The number of aliphatic carboxylic acids is 1. The number of piperidine rings is 1. The summed E-state index contributed by atoms with van der Waals surface area (Å²) in [5.41, 5.74) is -2.92. The van der Waals surface area contributed by atoms with Crippen molar-refractivity contribution in [2.24, 2.45) is 5.41 Å². The molecule has 8 nitrogen and oxygen atoms in total. The third-order valence-corrected chi connectivity index (χ3v) is 4.58. The number of carboxylic acid groups (broad SMARTS) is 1. The van der Waals surface area contributed by atoms with Crippen LogP contribution in [0, 0.1) is 5.41 Å². The molecule has 29 heavy (non-hydrogen) atoms. The van der Waals surface area contributed by atoms with E-state index in [2.05, 4.69) is 0 Å². The zero-order valence-corrected chi connectivity index (χ0v) is 18.5. The van der Waals surface area contributed by atoms with Gasteiger partial charge >= 0.3 is 17.9 Å². The third kappa shape index (κ3) is 8.03. The quantitative estimate of drug-likeness (QED) is 0.388. The molecule has 0 unspecified atom stereocenters. The number of carboxylic acids is 1. The van der Waals surface area contributed by atoms with Crippen LogP contribution in [0.4, 0.5) is 0 Å². The van der Waals surface area contributed by atoms with Crippen molar-refractivity contribution in [1.82, 2.24) is 4.90 Å². The molecule has 0 aromatic heterocycles. The molecule has 0 aromatic rings. The van der Waals surface area contributed by atoms with E-state index in [1.54, 1.807) is 46.4 Å². The van der Waals surface area contributed by atoms with Crippen molar-refractivity contribution < 1.29 is 33.8 Å². The molecule has 0 saturated carbocycles. The molecule has 1 amide bonds. The summed E-state index contributed by atoms with van der Waals surface area (Å²) in [6.45, 7) is 10.9. The van der Waals surface area contributed by atoms with E-state index in [-0.39, 0.29) is 44.7 Å². The molecule has 1 heterocycles. The van der Waals surface area contributed by atoms with E-state index in [1.807, 2.05) is 0 Å². The van der Waals surface area contributed by atoms with Crippen molar-refractivity contribution >= 4 is 23.8 Å². The van der Waals surface area contributed by atoms with Crippen molar-refractivity contribution in [2.45, 2.75) is 91.3 Å². The number of amides is 1. The van der Waals surface area contributed by atoms with Crippen LogP contribution in [-0.2, 0) is 28.7 Å². The van der Waals surface area contributed by atoms with Crippen LogP contribution >= 0.6 is 0 Å². The van der Waals surface area contributed by atoms with Gasteiger partial charge in [0.15, 0.2) is 5.41 Å². The van der Waals surface area contributed by atoms with Crippen LogP contribution in [-0.4, -0.2) is 58.1 Å². The van der Waals surface area contributed by atoms with Gasteiger partial charge < -0.3 is 19.5 Å². The van der Waals surface area contributed by atoms with Crippen molar-refractivity contribution in [3.8, 4) is 0 Å². The minimum absolute atomic E-state index is 0.0354. The number of unbranched alkanes of at least 4 members (excludes halogenated alkanes) is 1. The first-order chi connectivity index (χ1) is 13.2. The molecular weight excluding hydrogens is 378 g/mol. The standard InChI is InChI=1S/C21H35NO7/c1-19(2,3)28-17(26)21(18(27)29-20(4,5)6)11-13-22(14-12-21)15(23)9-7-8-10-16(24)25/h7-14H2,1-6H3,(H,24,25). The molecule has 0 spiro atoms. The SMILES string of the molecule is CC(C)(C)OC(=O)C1(C(=O)OC(C)(C)C)CCN(C(=O)CCCCC(=O)O)CC1. The molecule has 1 N–H and O–H groups in total. The Labute approximate surface area is 172 Å². The Morgan fingerprint density at radius 2 is 1.24 bits per heavy atom. The van der Waals surface area contributed by atoms with Crippen LogP contribution in [0.2, 0.25) is 0 Å². The van der Waals surface area contributed by atoms with Gasteiger partial charge in [-0.1, -0.05) is 0 Å². The normalized spacial score (nSPS) is 16.8. The monoisotopic (exact) mass is 413 g/mol. The molecule has 0 aliphatic carbocycles. The van der Waals surface area contributed by atoms with Crippen molar-refractivity contribution in [1.29, 1.82) is 0 Å². The van der Waals surface area contributed by atoms with Crippen LogP contribution in [0.1, 0.15) is 80.1 Å². The fourth-order valence-electron chi connectivity index (χ4n) is 3.09. The van der Waals surface area contributed by atoms with E-state index >= 15 is 0 Å². The minimum Gasteiger partial charge on any atom is -0.481 e. The summed E-state index contributed by atoms with van der Waals surface area (Å²) >= 11 is 0. The van der Waals surface area contributed by atoms with Crippen LogP contribution < -0.4 is 0 Å². The second-order valence-corrected chi connectivity index (χ2v) is 9.57. The summed E-state index contributed by atoms with van der Waals surface area (Å²) < 4.78 is 11.0. The highest BCUT2D eigenvalue weighted by molar-refractivity contribution is 6.00. The van der Waals surface area contributed by atoms with E-state index in [9.17, 15) is 19.2 Å².